The van der Waals surface area contributed by atoms with Crippen LogP contribution in [-0.4, -0.2) is 16.9 Å². The lowest BCUT2D eigenvalue weighted by Gasteiger charge is -2.60. The average Bonchev–Trinajstić information content (AvgIpc) is 2.25. The van der Waals surface area contributed by atoms with E-state index in [4.69, 9.17) is 4.74 Å². The SMILES string of the molecule is C=C(C)C(=O)OC(C)(O)C12CC3CC(CC(C3)C1)C2. The molecule has 0 aliphatic heterocycles. The summed E-state index contributed by atoms with van der Waals surface area (Å²) in [5.74, 6) is 0.350. The van der Waals surface area contributed by atoms with E-state index in [1.165, 1.54) is 19.3 Å². The third-order valence-corrected chi connectivity index (χ3v) is 5.66. The fourth-order valence-electron chi connectivity index (χ4n) is 5.05. The van der Waals surface area contributed by atoms with E-state index in [9.17, 15) is 9.90 Å². The molecule has 4 aliphatic carbocycles. The van der Waals surface area contributed by atoms with Crippen molar-refractivity contribution in [2.24, 2.45) is 23.2 Å². The summed E-state index contributed by atoms with van der Waals surface area (Å²) < 4.78 is 5.40. The summed E-state index contributed by atoms with van der Waals surface area (Å²) in [6.07, 6.45) is 6.96. The zero-order valence-electron chi connectivity index (χ0n) is 11.9. The zero-order chi connectivity index (χ0) is 13.8. The third-order valence-electron chi connectivity index (χ3n) is 5.66. The number of rotatable bonds is 3. The van der Waals surface area contributed by atoms with Crippen molar-refractivity contribution in [3.63, 3.8) is 0 Å². The molecule has 1 atom stereocenters. The van der Waals surface area contributed by atoms with Crippen LogP contribution in [0.5, 0.6) is 0 Å². The fourth-order valence-corrected chi connectivity index (χ4v) is 5.05. The van der Waals surface area contributed by atoms with Gasteiger partial charge in [-0.1, -0.05) is 6.58 Å². The molecule has 0 aromatic rings. The number of carbonyl (C=O) groups is 1. The number of aliphatic hydroxyl groups is 1. The zero-order valence-corrected chi connectivity index (χ0v) is 11.9. The molecule has 4 bridgehead atoms. The first-order valence-corrected chi connectivity index (χ1v) is 7.42. The van der Waals surface area contributed by atoms with Crippen molar-refractivity contribution >= 4 is 5.97 Å². The normalized spacial score (nSPS) is 42.8. The van der Waals surface area contributed by atoms with E-state index < -0.39 is 11.8 Å². The largest absolute Gasteiger partial charge is 0.430 e. The number of ether oxygens (including phenoxy) is 1. The molecule has 4 fully saturated rings. The smallest absolute Gasteiger partial charge is 0.335 e. The van der Waals surface area contributed by atoms with Crippen LogP contribution in [0.4, 0.5) is 0 Å². The Bertz CT molecular complexity index is 386. The molecule has 19 heavy (non-hydrogen) atoms. The van der Waals surface area contributed by atoms with E-state index in [1.54, 1.807) is 13.8 Å². The lowest BCUT2D eigenvalue weighted by atomic mass is 9.47. The second-order valence-electron chi connectivity index (χ2n) is 7.35. The highest BCUT2D eigenvalue weighted by molar-refractivity contribution is 5.87. The Labute approximate surface area is 115 Å². The van der Waals surface area contributed by atoms with Crippen LogP contribution >= 0.6 is 0 Å². The van der Waals surface area contributed by atoms with E-state index in [0.29, 0.717) is 5.57 Å². The lowest BCUT2D eigenvalue weighted by molar-refractivity contribution is -0.284. The van der Waals surface area contributed by atoms with Crippen LogP contribution in [0.1, 0.15) is 52.4 Å². The second kappa shape index (κ2) is 4.08. The van der Waals surface area contributed by atoms with E-state index >= 15 is 0 Å². The van der Waals surface area contributed by atoms with Gasteiger partial charge in [-0.3, -0.25) is 0 Å². The third kappa shape index (κ3) is 2.03. The number of esters is 1. The maximum absolute atomic E-state index is 11.8. The summed E-state index contributed by atoms with van der Waals surface area (Å²) in [4.78, 5) is 11.8. The minimum atomic E-state index is -1.35. The van der Waals surface area contributed by atoms with Gasteiger partial charge in [-0.15, -0.1) is 0 Å². The van der Waals surface area contributed by atoms with Crippen molar-refractivity contribution in [2.45, 2.75) is 58.2 Å². The summed E-state index contributed by atoms with van der Waals surface area (Å²) in [5, 5.41) is 10.8. The van der Waals surface area contributed by atoms with Crippen molar-refractivity contribution in [3.8, 4) is 0 Å². The highest BCUT2D eigenvalue weighted by atomic mass is 16.7. The molecule has 4 saturated carbocycles. The first-order chi connectivity index (χ1) is 8.81. The highest BCUT2D eigenvalue weighted by Crippen LogP contribution is 2.63. The van der Waals surface area contributed by atoms with Crippen LogP contribution in [0, 0.1) is 23.2 Å². The molecule has 4 rings (SSSR count). The van der Waals surface area contributed by atoms with E-state index in [1.807, 2.05) is 0 Å². The minimum absolute atomic E-state index is 0.215. The Hall–Kier alpha value is -0.830. The molecule has 1 N–H and O–H groups in total. The lowest BCUT2D eigenvalue weighted by Crippen LogP contribution is -2.58. The summed E-state index contributed by atoms with van der Waals surface area (Å²) in [5.41, 5.74) is 0.136. The van der Waals surface area contributed by atoms with Crippen molar-refractivity contribution in [3.05, 3.63) is 12.2 Å². The molecule has 0 saturated heterocycles. The van der Waals surface area contributed by atoms with Crippen LogP contribution in [0.15, 0.2) is 12.2 Å². The summed E-state index contributed by atoms with van der Waals surface area (Å²) in [6.45, 7) is 6.90. The molecule has 3 nitrogen and oxygen atoms in total. The molecule has 0 heterocycles. The molecule has 106 valence electrons. The van der Waals surface area contributed by atoms with Gasteiger partial charge in [-0.05, 0) is 63.2 Å². The van der Waals surface area contributed by atoms with Crippen molar-refractivity contribution < 1.29 is 14.6 Å². The molecule has 3 heteroatoms. The molecule has 0 spiro atoms. The van der Waals surface area contributed by atoms with Crippen LogP contribution in [0.25, 0.3) is 0 Å². The van der Waals surface area contributed by atoms with Crippen molar-refractivity contribution in [1.29, 1.82) is 0 Å². The Morgan fingerprint density at radius 2 is 1.63 bits per heavy atom. The van der Waals surface area contributed by atoms with Gasteiger partial charge >= 0.3 is 5.97 Å². The number of carbonyl (C=O) groups excluding carboxylic acids is 1. The summed E-state index contributed by atoms with van der Waals surface area (Å²) in [7, 11) is 0. The molecule has 4 aliphatic rings. The van der Waals surface area contributed by atoms with Gasteiger partial charge < -0.3 is 9.84 Å². The standard InChI is InChI=1S/C16H24O3/c1-10(2)14(17)19-15(3,18)16-7-11-4-12(8-16)6-13(5-11)9-16/h11-13,18H,1,4-9H2,2-3H3. The van der Waals surface area contributed by atoms with E-state index in [0.717, 1.165) is 37.0 Å². The summed E-state index contributed by atoms with van der Waals surface area (Å²) >= 11 is 0. The molecular formula is C16H24O3. The first kappa shape index (κ1) is 13.2. The molecule has 0 aromatic carbocycles. The van der Waals surface area contributed by atoms with E-state index in [-0.39, 0.29) is 5.41 Å². The molecule has 0 radical (unpaired) electrons. The van der Waals surface area contributed by atoms with E-state index in [2.05, 4.69) is 6.58 Å². The second-order valence-corrected chi connectivity index (χ2v) is 7.35. The van der Waals surface area contributed by atoms with Crippen LogP contribution < -0.4 is 0 Å². The van der Waals surface area contributed by atoms with Crippen molar-refractivity contribution in [2.75, 3.05) is 0 Å². The quantitative estimate of drug-likeness (QED) is 0.484. The predicted octanol–water partition coefficient (Wildman–Crippen LogP) is 3.03. The Balaban J connectivity index is 1.83. The molecule has 0 aromatic heterocycles. The molecule has 0 amide bonds. The van der Waals surface area contributed by atoms with Crippen LogP contribution in [-0.2, 0) is 9.53 Å². The molecular weight excluding hydrogens is 240 g/mol. The van der Waals surface area contributed by atoms with Gasteiger partial charge in [0.15, 0.2) is 0 Å². The van der Waals surface area contributed by atoms with Gasteiger partial charge in [0.25, 0.3) is 0 Å². The number of hydrogen-bond acceptors (Lipinski definition) is 3. The average molecular weight is 264 g/mol. The fraction of sp³-hybridized carbons (Fsp3) is 0.812. The monoisotopic (exact) mass is 264 g/mol. The highest BCUT2D eigenvalue weighted by Gasteiger charge is 2.60. The Morgan fingerprint density at radius 1 is 1.21 bits per heavy atom. The van der Waals surface area contributed by atoms with Crippen LogP contribution in [0.3, 0.4) is 0 Å². The van der Waals surface area contributed by atoms with Gasteiger partial charge in [0.2, 0.25) is 5.79 Å². The topological polar surface area (TPSA) is 46.5 Å². The Kier molecular flexibility index (Phi) is 2.83. The van der Waals surface area contributed by atoms with Gasteiger partial charge in [-0.25, -0.2) is 4.79 Å². The predicted molar refractivity (Wildman–Crippen MR) is 72.1 cm³/mol. The molecule has 1 unspecified atom stereocenters. The van der Waals surface area contributed by atoms with Crippen molar-refractivity contribution in [1.82, 2.24) is 0 Å². The van der Waals surface area contributed by atoms with Gasteiger partial charge in [-0.2, -0.15) is 0 Å². The maximum atomic E-state index is 11.8. The number of hydrogen-bond donors (Lipinski definition) is 1. The summed E-state index contributed by atoms with van der Waals surface area (Å²) in [6, 6.07) is 0. The van der Waals surface area contributed by atoms with Gasteiger partial charge in [0.1, 0.15) is 0 Å². The van der Waals surface area contributed by atoms with Gasteiger partial charge in [0, 0.05) is 17.9 Å². The first-order valence-electron chi connectivity index (χ1n) is 7.42. The Morgan fingerprint density at radius 3 is 2.00 bits per heavy atom. The minimum Gasteiger partial charge on any atom is -0.430 e. The van der Waals surface area contributed by atoms with Crippen LogP contribution in [0.2, 0.25) is 0 Å². The maximum Gasteiger partial charge on any atom is 0.335 e. The van der Waals surface area contributed by atoms with Gasteiger partial charge in [0.05, 0.1) is 0 Å².